The third-order valence-corrected chi connectivity index (χ3v) is 3.28. The topological polar surface area (TPSA) is 68.1 Å². The van der Waals surface area contributed by atoms with Gasteiger partial charge in [-0.3, -0.25) is 15.1 Å². The Bertz CT molecular complexity index is 785. The van der Waals surface area contributed by atoms with Crippen molar-refractivity contribution < 1.29 is 4.92 Å². The minimum Gasteiger partial charge on any atom is -0.381 e. The molecule has 3 rings (SSSR count). The SMILES string of the molecule is O=[N+]([O-])c1ccc(NCc2ccc3cnccc3c2)cc1. The molecule has 1 heterocycles. The van der Waals surface area contributed by atoms with Crippen molar-refractivity contribution in [1.29, 1.82) is 0 Å². The van der Waals surface area contributed by atoms with Gasteiger partial charge in [0.25, 0.3) is 5.69 Å². The number of nitro benzene ring substituents is 1. The normalized spacial score (nSPS) is 10.5. The van der Waals surface area contributed by atoms with Crippen molar-refractivity contribution in [2.24, 2.45) is 0 Å². The Hall–Kier alpha value is -2.95. The van der Waals surface area contributed by atoms with Crippen LogP contribution in [0.5, 0.6) is 0 Å². The monoisotopic (exact) mass is 279 g/mol. The van der Waals surface area contributed by atoms with E-state index in [-0.39, 0.29) is 5.69 Å². The van der Waals surface area contributed by atoms with E-state index in [0.29, 0.717) is 6.54 Å². The van der Waals surface area contributed by atoms with Crippen LogP contribution < -0.4 is 5.32 Å². The van der Waals surface area contributed by atoms with Gasteiger partial charge >= 0.3 is 0 Å². The molecule has 0 saturated heterocycles. The lowest BCUT2D eigenvalue weighted by atomic mass is 10.1. The number of rotatable bonds is 4. The first-order chi connectivity index (χ1) is 10.2. The van der Waals surface area contributed by atoms with Crippen LogP contribution in [0.3, 0.4) is 0 Å². The van der Waals surface area contributed by atoms with E-state index < -0.39 is 4.92 Å². The summed E-state index contributed by atoms with van der Waals surface area (Å²) in [6, 6.07) is 14.6. The molecule has 3 aromatic rings. The highest BCUT2D eigenvalue weighted by molar-refractivity contribution is 5.82. The Morgan fingerprint density at radius 1 is 1.05 bits per heavy atom. The molecule has 2 aromatic carbocycles. The summed E-state index contributed by atoms with van der Waals surface area (Å²) >= 11 is 0. The van der Waals surface area contributed by atoms with Gasteiger partial charge in [-0.05, 0) is 35.2 Å². The van der Waals surface area contributed by atoms with E-state index in [0.717, 1.165) is 22.0 Å². The zero-order valence-electron chi connectivity index (χ0n) is 11.2. The van der Waals surface area contributed by atoms with Crippen LogP contribution in [0.1, 0.15) is 5.56 Å². The average molecular weight is 279 g/mol. The Morgan fingerprint density at radius 3 is 2.62 bits per heavy atom. The standard InChI is InChI=1S/C16H13N3O2/c20-19(21)16-5-3-15(4-6-16)18-10-12-1-2-14-11-17-8-7-13(14)9-12/h1-9,11,18H,10H2. The van der Waals surface area contributed by atoms with Crippen LogP contribution >= 0.6 is 0 Å². The number of hydrogen-bond acceptors (Lipinski definition) is 4. The van der Waals surface area contributed by atoms with Gasteiger partial charge < -0.3 is 5.32 Å². The lowest BCUT2D eigenvalue weighted by Gasteiger charge is -2.07. The summed E-state index contributed by atoms with van der Waals surface area (Å²) in [7, 11) is 0. The highest BCUT2D eigenvalue weighted by Crippen LogP contribution is 2.18. The van der Waals surface area contributed by atoms with Crippen LogP contribution in [0, 0.1) is 10.1 Å². The summed E-state index contributed by atoms with van der Waals surface area (Å²) in [5, 5.41) is 16.1. The first-order valence-electron chi connectivity index (χ1n) is 6.53. The zero-order valence-corrected chi connectivity index (χ0v) is 11.2. The molecule has 0 unspecified atom stereocenters. The summed E-state index contributed by atoms with van der Waals surface area (Å²) < 4.78 is 0. The molecule has 0 atom stereocenters. The van der Waals surface area contributed by atoms with Crippen LogP contribution in [0.4, 0.5) is 11.4 Å². The summed E-state index contributed by atoms with van der Waals surface area (Å²) in [5.74, 6) is 0. The highest BCUT2D eigenvalue weighted by Gasteiger charge is 2.03. The van der Waals surface area contributed by atoms with Crippen LogP contribution in [0.15, 0.2) is 60.9 Å². The Kier molecular flexibility index (Phi) is 3.47. The molecule has 0 aliphatic rings. The number of non-ortho nitro benzene ring substituents is 1. The number of aromatic nitrogens is 1. The molecular weight excluding hydrogens is 266 g/mol. The Morgan fingerprint density at radius 2 is 1.86 bits per heavy atom. The van der Waals surface area contributed by atoms with Crippen molar-refractivity contribution in [3.63, 3.8) is 0 Å². The van der Waals surface area contributed by atoms with Gasteiger partial charge in [-0.1, -0.05) is 12.1 Å². The molecule has 0 radical (unpaired) electrons. The second-order valence-corrected chi connectivity index (χ2v) is 4.71. The fourth-order valence-corrected chi connectivity index (χ4v) is 2.15. The van der Waals surface area contributed by atoms with E-state index in [1.807, 2.05) is 24.4 Å². The smallest absolute Gasteiger partial charge is 0.269 e. The van der Waals surface area contributed by atoms with Crippen molar-refractivity contribution in [3.05, 3.63) is 76.6 Å². The van der Waals surface area contributed by atoms with Gasteiger partial charge in [-0.25, -0.2) is 0 Å². The van der Waals surface area contributed by atoms with Crippen molar-refractivity contribution >= 4 is 22.1 Å². The maximum absolute atomic E-state index is 10.6. The molecule has 0 aliphatic heterocycles. The number of pyridine rings is 1. The molecule has 0 fully saturated rings. The second kappa shape index (κ2) is 5.58. The van der Waals surface area contributed by atoms with Gasteiger partial charge in [0.05, 0.1) is 4.92 Å². The number of nitrogens with zero attached hydrogens (tertiary/aromatic N) is 2. The summed E-state index contributed by atoms with van der Waals surface area (Å²) in [4.78, 5) is 14.3. The predicted molar refractivity (Wildman–Crippen MR) is 82.2 cm³/mol. The number of nitro groups is 1. The van der Waals surface area contributed by atoms with E-state index >= 15 is 0 Å². The second-order valence-electron chi connectivity index (χ2n) is 4.71. The van der Waals surface area contributed by atoms with Crippen molar-refractivity contribution in [3.8, 4) is 0 Å². The number of fused-ring (bicyclic) bond motifs is 1. The number of benzene rings is 2. The van der Waals surface area contributed by atoms with Crippen LogP contribution in [0.2, 0.25) is 0 Å². The lowest BCUT2D eigenvalue weighted by Crippen LogP contribution is -1.99. The molecule has 1 aromatic heterocycles. The average Bonchev–Trinajstić information content (AvgIpc) is 2.53. The third-order valence-electron chi connectivity index (χ3n) is 3.28. The number of nitrogens with one attached hydrogen (secondary N) is 1. The van der Waals surface area contributed by atoms with Crippen molar-refractivity contribution in [2.75, 3.05) is 5.32 Å². The number of anilines is 1. The summed E-state index contributed by atoms with van der Waals surface area (Å²) in [6.07, 6.45) is 3.61. The van der Waals surface area contributed by atoms with Crippen LogP contribution in [-0.4, -0.2) is 9.91 Å². The predicted octanol–water partition coefficient (Wildman–Crippen LogP) is 3.76. The van der Waals surface area contributed by atoms with Crippen LogP contribution in [0.25, 0.3) is 10.8 Å². The third kappa shape index (κ3) is 2.97. The summed E-state index contributed by atoms with van der Waals surface area (Å²) in [6.45, 7) is 0.663. The minimum absolute atomic E-state index is 0.0961. The lowest BCUT2D eigenvalue weighted by molar-refractivity contribution is -0.384. The largest absolute Gasteiger partial charge is 0.381 e. The van der Waals surface area contributed by atoms with Crippen molar-refractivity contribution in [2.45, 2.75) is 6.54 Å². The fraction of sp³-hybridized carbons (Fsp3) is 0.0625. The van der Waals surface area contributed by atoms with Gasteiger partial charge in [0.1, 0.15) is 0 Å². The molecule has 1 N–H and O–H groups in total. The van der Waals surface area contributed by atoms with Crippen LogP contribution in [-0.2, 0) is 6.54 Å². The van der Waals surface area contributed by atoms with Crippen molar-refractivity contribution in [1.82, 2.24) is 4.98 Å². The van der Waals surface area contributed by atoms with Gasteiger partial charge in [0.2, 0.25) is 0 Å². The Balaban J connectivity index is 1.72. The summed E-state index contributed by atoms with van der Waals surface area (Å²) in [5.41, 5.74) is 2.10. The van der Waals surface area contributed by atoms with E-state index in [4.69, 9.17) is 0 Å². The van der Waals surface area contributed by atoms with E-state index in [9.17, 15) is 10.1 Å². The quantitative estimate of drug-likeness (QED) is 0.583. The molecule has 0 spiro atoms. The Labute approximate surface area is 121 Å². The molecule has 0 aliphatic carbocycles. The molecule has 104 valence electrons. The first-order valence-corrected chi connectivity index (χ1v) is 6.53. The molecule has 0 bridgehead atoms. The van der Waals surface area contributed by atoms with Gasteiger partial charge in [0, 0.05) is 42.1 Å². The fourth-order valence-electron chi connectivity index (χ4n) is 2.15. The van der Waals surface area contributed by atoms with E-state index in [1.54, 1.807) is 18.3 Å². The molecule has 5 heteroatoms. The molecule has 21 heavy (non-hydrogen) atoms. The molecular formula is C16H13N3O2. The van der Waals surface area contributed by atoms with Gasteiger partial charge in [0.15, 0.2) is 0 Å². The molecule has 0 amide bonds. The van der Waals surface area contributed by atoms with E-state index in [1.165, 1.54) is 12.1 Å². The van der Waals surface area contributed by atoms with E-state index in [2.05, 4.69) is 16.4 Å². The van der Waals surface area contributed by atoms with Gasteiger partial charge in [-0.15, -0.1) is 0 Å². The molecule has 0 saturated carbocycles. The first kappa shape index (κ1) is 13.1. The number of hydrogen-bond donors (Lipinski definition) is 1. The zero-order chi connectivity index (χ0) is 14.7. The maximum atomic E-state index is 10.6. The molecule has 5 nitrogen and oxygen atoms in total. The minimum atomic E-state index is -0.402. The van der Waals surface area contributed by atoms with Gasteiger partial charge in [-0.2, -0.15) is 0 Å². The highest BCUT2D eigenvalue weighted by atomic mass is 16.6. The maximum Gasteiger partial charge on any atom is 0.269 e.